The van der Waals surface area contributed by atoms with Crippen LogP contribution in [0.3, 0.4) is 0 Å². The van der Waals surface area contributed by atoms with Crippen molar-refractivity contribution in [3.63, 3.8) is 0 Å². The number of imidazole rings is 1. The average Bonchev–Trinajstić information content (AvgIpc) is 3.65. The topological polar surface area (TPSA) is 39.8 Å². The highest BCUT2D eigenvalue weighted by Gasteiger charge is 2.42. The SMILES string of the molecule is C=CCn1cc(C(=O)C2CCc3ncn(C(c4ccccc4)(c4ccccc4)c4ccccc4)c3C2)c2ccccc21. The van der Waals surface area contributed by atoms with Crippen LogP contribution >= 0.6 is 0 Å². The highest BCUT2D eigenvalue weighted by molar-refractivity contribution is 6.09. The summed E-state index contributed by atoms with van der Waals surface area (Å²) in [6.07, 6.45) is 8.10. The lowest BCUT2D eigenvalue weighted by Gasteiger charge is -2.39. The van der Waals surface area contributed by atoms with Crippen LogP contribution in [0.1, 0.15) is 44.9 Å². The molecule has 0 N–H and O–H groups in total. The van der Waals surface area contributed by atoms with Crippen molar-refractivity contribution < 1.29 is 4.79 Å². The van der Waals surface area contributed by atoms with Crippen LogP contribution in [0.5, 0.6) is 0 Å². The molecular formula is C38H33N3O. The van der Waals surface area contributed by atoms with Crippen LogP contribution in [0.15, 0.2) is 140 Å². The van der Waals surface area contributed by atoms with Gasteiger partial charge in [0.05, 0.1) is 12.0 Å². The van der Waals surface area contributed by atoms with Gasteiger partial charge in [-0.1, -0.05) is 115 Å². The average molecular weight is 548 g/mol. The molecule has 4 aromatic carbocycles. The molecule has 1 atom stereocenters. The number of aryl methyl sites for hydroxylation is 1. The van der Waals surface area contributed by atoms with E-state index in [1.807, 2.05) is 30.7 Å². The van der Waals surface area contributed by atoms with Crippen molar-refractivity contribution in [2.45, 2.75) is 31.3 Å². The first-order valence-electron chi connectivity index (χ1n) is 14.7. The summed E-state index contributed by atoms with van der Waals surface area (Å²) in [6.45, 7) is 4.59. The standard InChI is InChI=1S/C38H33N3O/c1-2-24-40-26-33(32-20-12-13-21-35(32)40)37(42)28-22-23-34-36(25-28)41(27-39-34)38(29-14-6-3-7-15-29,30-16-8-4-9-17-30)31-18-10-5-11-19-31/h2-21,26-28H,1,22-25H2. The molecule has 206 valence electrons. The number of hydrogen-bond donors (Lipinski definition) is 0. The predicted octanol–water partition coefficient (Wildman–Crippen LogP) is 7.85. The number of fused-ring (bicyclic) bond motifs is 2. The van der Waals surface area contributed by atoms with Crippen LogP contribution in [0, 0.1) is 5.92 Å². The quantitative estimate of drug-likeness (QED) is 0.111. The first-order chi connectivity index (χ1) is 20.7. The molecule has 42 heavy (non-hydrogen) atoms. The Kier molecular flexibility index (Phi) is 6.67. The van der Waals surface area contributed by atoms with E-state index in [1.165, 1.54) is 0 Å². The van der Waals surface area contributed by atoms with Gasteiger partial charge in [-0.3, -0.25) is 4.79 Å². The summed E-state index contributed by atoms with van der Waals surface area (Å²) in [7, 11) is 0. The van der Waals surface area contributed by atoms with E-state index in [9.17, 15) is 4.79 Å². The minimum absolute atomic E-state index is 0.129. The lowest BCUT2D eigenvalue weighted by molar-refractivity contribution is 0.0908. The van der Waals surface area contributed by atoms with Gasteiger partial charge < -0.3 is 9.13 Å². The van der Waals surface area contributed by atoms with E-state index in [4.69, 9.17) is 4.98 Å². The molecule has 7 rings (SSSR count). The van der Waals surface area contributed by atoms with Crippen LogP contribution in [-0.2, 0) is 24.9 Å². The van der Waals surface area contributed by atoms with Gasteiger partial charge in [0.15, 0.2) is 5.78 Å². The Labute approximate surface area is 246 Å². The van der Waals surface area contributed by atoms with Crippen LogP contribution in [0.25, 0.3) is 10.9 Å². The maximum absolute atomic E-state index is 14.3. The van der Waals surface area contributed by atoms with Gasteiger partial charge in [0.2, 0.25) is 0 Å². The molecule has 2 heterocycles. The highest BCUT2D eigenvalue weighted by atomic mass is 16.1. The Balaban J connectivity index is 1.38. The Morgan fingerprint density at radius 2 is 1.40 bits per heavy atom. The van der Waals surface area contributed by atoms with E-state index < -0.39 is 5.54 Å². The fourth-order valence-corrected chi connectivity index (χ4v) is 6.90. The van der Waals surface area contributed by atoms with Crippen molar-refractivity contribution in [3.05, 3.63) is 174 Å². The van der Waals surface area contributed by atoms with Crippen molar-refractivity contribution in [2.24, 2.45) is 5.92 Å². The zero-order chi connectivity index (χ0) is 28.5. The van der Waals surface area contributed by atoms with E-state index in [1.54, 1.807) is 0 Å². The number of hydrogen-bond acceptors (Lipinski definition) is 2. The van der Waals surface area contributed by atoms with Gasteiger partial charge >= 0.3 is 0 Å². The van der Waals surface area contributed by atoms with E-state index in [2.05, 4.69) is 119 Å². The van der Waals surface area contributed by atoms with Gasteiger partial charge in [-0.15, -0.1) is 6.58 Å². The van der Waals surface area contributed by atoms with Gasteiger partial charge in [0.25, 0.3) is 0 Å². The third-order valence-corrected chi connectivity index (χ3v) is 8.81. The molecule has 0 amide bonds. The normalized spacial score (nSPS) is 14.9. The molecule has 1 unspecified atom stereocenters. The van der Waals surface area contributed by atoms with Crippen molar-refractivity contribution >= 4 is 16.7 Å². The van der Waals surface area contributed by atoms with Crippen LogP contribution in [0.4, 0.5) is 0 Å². The number of carbonyl (C=O) groups is 1. The Hall–Kier alpha value is -4.96. The fourth-order valence-electron chi connectivity index (χ4n) is 6.90. The number of aromatic nitrogens is 3. The maximum Gasteiger partial charge on any atom is 0.168 e. The lowest BCUT2D eigenvalue weighted by atomic mass is 9.75. The summed E-state index contributed by atoms with van der Waals surface area (Å²) < 4.78 is 4.47. The molecule has 0 bridgehead atoms. The second-order valence-electron chi connectivity index (χ2n) is 11.1. The first-order valence-corrected chi connectivity index (χ1v) is 14.7. The fraction of sp³-hybridized carbons (Fsp3) is 0.158. The first kappa shape index (κ1) is 26.0. The van der Waals surface area contributed by atoms with Gasteiger partial charge in [0.1, 0.15) is 5.54 Å². The summed E-state index contributed by atoms with van der Waals surface area (Å²) in [5.74, 6) is 0.0769. The third-order valence-electron chi connectivity index (χ3n) is 8.81. The van der Waals surface area contributed by atoms with E-state index in [0.717, 1.165) is 57.4 Å². The highest BCUT2D eigenvalue weighted by Crippen LogP contribution is 2.43. The molecule has 1 aliphatic rings. The molecule has 1 aliphatic carbocycles. The van der Waals surface area contributed by atoms with Gasteiger partial charge in [-0.05, 0) is 42.0 Å². The summed E-state index contributed by atoms with van der Waals surface area (Å²) in [5.41, 5.74) is 6.91. The minimum atomic E-state index is -0.644. The molecule has 2 aromatic heterocycles. The van der Waals surface area contributed by atoms with Gasteiger partial charge in [-0.2, -0.15) is 0 Å². The molecule has 0 spiro atoms. The zero-order valence-electron chi connectivity index (χ0n) is 23.6. The smallest absolute Gasteiger partial charge is 0.168 e. The maximum atomic E-state index is 14.3. The third kappa shape index (κ3) is 4.14. The monoisotopic (exact) mass is 547 g/mol. The molecule has 0 saturated heterocycles. The largest absolute Gasteiger partial charge is 0.343 e. The predicted molar refractivity (Wildman–Crippen MR) is 169 cm³/mol. The van der Waals surface area contributed by atoms with Crippen LogP contribution < -0.4 is 0 Å². The number of carbonyl (C=O) groups excluding carboxylic acids is 1. The van der Waals surface area contributed by atoms with Crippen LogP contribution in [0.2, 0.25) is 0 Å². The Bertz CT molecular complexity index is 1770. The number of rotatable bonds is 8. The van der Waals surface area contributed by atoms with Crippen molar-refractivity contribution in [3.8, 4) is 0 Å². The molecule has 4 heteroatoms. The number of para-hydroxylation sites is 1. The molecule has 0 fully saturated rings. The molecule has 6 aromatic rings. The number of allylic oxidation sites excluding steroid dienone is 1. The van der Waals surface area contributed by atoms with Crippen molar-refractivity contribution in [2.75, 3.05) is 0 Å². The van der Waals surface area contributed by atoms with Crippen molar-refractivity contribution in [1.29, 1.82) is 0 Å². The Morgan fingerprint density at radius 1 is 0.833 bits per heavy atom. The molecule has 0 aliphatic heterocycles. The molecule has 0 radical (unpaired) electrons. The summed E-state index contributed by atoms with van der Waals surface area (Å²) in [6, 6.07) is 40.2. The summed E-state index contributed by atoms with van der Waals surface area (Å²) >= 11 is 0. The Morgan fingerprint density at radius 3 is 2.00 bits per heavy atom. The lowest BCUT2D eigenvalue weighted by Crippen LogP contribution is -2.39. The molecular weight excluding hydrogens is 514 g/mol. The minimum Gasteiger partial charge on any atom is -0.343 e. The van der Waals surface area contributed by atoms with E-state index >= 15 is 0 Å². The molecule has 0 saturated carbocycles. The molecule has 4 nitrogen and oxygen atoms in total. The van der Waals surface area contributed by atoms with Gasteiger partial charge in [0, 0.05) is 40.8 Å². The van der Waals surface area contributed by atoms with E-state index in [-0.39, 0.29) is 11.7 Å². The second-order valence-corrected chi connectivity index (χ2v) is 11.1. The number of Topliss-reactive ketones (excluding diaryl/α,β-unsaturated/α-hetero) is 1. The number of benzene rings is 4. The van der Waals surface area contributed by atoms with Gasteiger partial charge in [-0.25, -0.2) is 4.98 Å². The number of nitrogens with zero attached hydrogens (tertiary/aromatic N) is 3. The second kappa shape index (κ2) is 10.8. The van der Waals surface area contributed by atoms with Crippen LogP contribution in [-0.4, -0.2) is 19.9 Å². The summed E-state index contributed by atoms with van der Waals surface area (Å²) in [4.78, 5) is 19.2. The zero-order valence-corrected chi connectivity index (χ0v) is 23.6. The summed E-state index contributed by atoms with van der Waals surface area (Å²) in [5, 5.41) is 1.01. The van der Waals surface area contributed by atoms with E-state index in [0.29, 0.717) is 13.0 Å². The number of ketones is 1. The van der Waals surface area contributed by atoms with Crippen molar-refractivity contribution in [1.82, 2.24) is 14.1 Å².